The van der Waals surface area contributed by atoms with Gasteiger partial charge in [0.05, 0.1) is 10.7 Å². The van der Waals surface area contributed by atoms with Crippen molar-refractivity contribution in [3.05, 3.63) is 57.0 Å². The molecule has 0 aliphatic rings. The van der Waals surface area contributed by atoms with Gasteiger partial charge in [-0.2, -0.15) is 0 Å². The van der Waals surface area contributed by atoms with E-state index in [1.54, 1.807) is 19.1 Å². The second kappa shape index (κ2) is 5.16. The molecule has 0 saturated heterocycles. The first-order valence-electron chi connectivity index (χ1n) is 5.53. The van der Waals surface area contributed by atoms with Crippen molar-refractivity contribution < 1.29 is 4.79 Å². The van der Waals surface area contributed by atoms with Gasteiger partial charge in [0.15, 0.2) is 5.43 Å². The van der Waals surface area contributed by atoms with Crippen LogP contribution in [0, 0.1) is 6.92 Å². The van der Waals surface area contributed by atoms with E-state index in [0.29, 0.717) is 22.1 Å². The summed E-state index contributed by atoms with van der Waals surface area (Å²) in [4.78, 5) is 26.4. The smallest absolute Gasteiger partial charge is 0.261 e. The van der Waals surface area contributed by atoms with E-state index in [0.717, 1.165) is 0 Å². The third kappa shape index (κ3) is 2.95. The maximum Gasteiger partial charge on any atom is 0.261 e. The Morgan fingerprint density at radius 3 is 2.74 bits per heavy atom. The van der Waals surface area contributed by atoms with Gasteiger partial charge >= 0.3 is 0 Å². The molecule has 6 heteroatoms. The zero-order chi connectivity index (χ0) is 14.0. The fourth-order valence-electron chi connectivity index (χ4n) is 1.57. The van der Waals surface area contributed by atoms with Crippen LogP contribution in [0.4, 0.5) is 11.4 Å². The van der Waals surface area contributed by atoms with Crippen LogP contribution in [0.25, 0.3) is 0 Å². The Kier molecular flexibility index (Phi) is 3.57. The Bertz CT molecular complexity index is 695. The SMILES string of the molecule is Cc1cc(=O)c(C(=O)Nc2ccc(Cl)c(N)c2)c[nH]1. The lowest BCUT2D eigenvalue weighted by Crippen LogP contribution is -2.21. The first kappa shape index (κ1) is 13.2. The van der Waals surface area contributed by atoms with Crippen molar-refractivity contribution in [2.75, 3.05) is 11.1 Å². The molecular weight excluding hydrogens is 266 g/mol. The van der Waals surface area contributed by atoms with Gasteiger partial charge in [-0.05, 0) is 25.1 Å². The summed E-state index contributed by atoms with van der Waals surface area (Å²) < 4.78 is 0. The normalized spacial score (nSPS) is 10.2. The average molecular weight is 278 g/mol. The lowest BCUT2D eigenvalue weighted by atomic mass is 10.2. The first-order valence-corrected chi connectivity index (χ1v) is 5.91. The van der Waals surface area contributed by atoms with Gasteiger partial charge in [0.2, 0.25) is 0 Å². The molecule has 5 nitrogen and oxygen atoms in total. The highest BCUT2D eigenvalue weighted by molar-refractivity contribution is 6.33. The molecule has 0 radical (unpaired) electrons. The Hall–Kier alpha value is -2.27. The number of carbonyl (C=O) groups is 1. The van der Waals surface area contributed by atoms with E-state index in [1.165, 1.54) is 18.3 Å². The van der Waals surface area contributed by atoms with Crippen LogP contribution in [0.1, 0.15) is 16.1 Å². The summed E-state index contributed by atoms with van der Waals surface area (Å²) in [5, 5.41) is 3.00. The van der Waals surface area contributed by atoms with Gasteiger partial charge in [-0.1, -0.05) is 11.6 Å². The Balaban J connectivity index is 2.25. The molecule has 98 valence electrons. The molecule has 0 unspecified atom stereocenters. The number of amides is 1. The van der Waals surface area contributed by atoms with E-state index in [2.05, 4.69) is 10.3 Å². The maximum atomic E-state index is 11.9. The van der Waals surface area contributed by atoms with Crippen LogP contribution >= 0.6 is 11.6 Å². The molecule has 4 N–H and O–H groups in total. The van der Waals surface area contributed by atoms with Crippen LogP contribution in [0.2, 0.25) is 5.02 Å². The summed E-state index contributed by atoms with van der Waals surface area (Å²) in [6.45, 7) is 1.74. The number of halogens is 1. The fraction of sp³-hybridized carbons (Fsp3) is 0.0769. The molecule has 2 aromatic rings. The topological polar surface area (TPSA) is 88.0 Å². The second-order valence-corrected chi connectivity index (χ2v) is 4.49. The number of aromatic amines is 1. The quantitative estimate of drug-likeness (QED) is 0.735. The second-order valence-electron chi connectivity index (χ2n) is 4.08. The molecule has 0 spiro atoms. The summed E-state index contributed by atoms with van der Waals surface area (Å²) in [6.07, 6.45) is 1.38. The number of nitrogens with one attached hydrogen (secondary N) is 2. The standard InChI is InChI=1S/C13H12ClN3O2/c1-7-4-12(18)9(6-16-7)13(19)17-8-2-3-10(14)11(15)5-8/h2-6H,15H2,1H3,(H,16,18)(H,17,19). The maximum absolute atomic E-state index is 11.9. The predicted octanol–water partition coefficient (Wildman–Crippen LogP) is 2.17. The van der Waals surface area contributed by atoms with Gasteiger partial charge in [0.25, 0.3) is 5.91 Å². The summed E-state index contributed by atoms with van der Waals surface area (Å²) in [6, 6.07) is 6.08. The summed E-state index contributed by atoms with van der Waals surface area (Å²) >= 11 is 5.78. The number of rotatable bonds is 2. The van der Waals surface area contributed by atoms with Crippen LogP contribution < -0.4 is 16.5 Å². The number of pyridine rings is 1. The van der Waals surface area contributed by atoms with Crippen LogP contribution in [0.5, 0.6) is 0 Å². The number of anilines is 2. The predicted molar refractivity (Wildman–Crippen MR) is 75.6 cm³/mol. The van der Waals surface area contributed by atoms with Crippen molar-refractivity contribution in [1.29, 1.82) is 0 Å². The largest absolute Gasteiger partial charge is 0.397 e. The first-order chi connectivity index (χ1) is 8.97. The number of aryl methyl sites for hydroxylation is 1. The van der Waals surface area contributed by atoms with Crippen molar-refractivity contribution >= 4 is 28.9 Å². The van der Waals surface area contributed by atoms with Gasteiger partial charge < -0.3 is 16.0 Å². The van der Waals surface area contributed by atoms with Crippen LogP contribution in [-0.4, -0.2) is 10.9 Å². The Morgan fingerprint density at radius 2 is 2.11 bits per heavy atom. The average Bonchev–Trinajstić information content (AvgIpc) is 2.33. The third-order valence-electron chi connectivity index (χ3n) is 2.56. The summed E-state index contributed by atoms with van der Waals surface area (Å²) in [5.41, 5.74) is 6.87. The zero-order valence-corrected chi connectivity index (χ0v) is 10.9. The van der Waals surface area contributed by atoms with Gasteiger partial charge in [-0.3, -0.25) is 9.59 Å². The minimum Gasteiger partial charge on any atom is -0.397 e. The van der Waals surface area contributed by atoms with E-state index in [-0.39, 0.29) is 11.0 Å². The summed E-state index contributed by atoms with van der Waals surface area (Å²) in [5.74, 6) is -0.497. The highest BCUT2D eigenvalue weighted by Crippen LogP contribution is 2.22. The molecule has 0 saturated carbocycles. The van der Waals surface area contributed by atoms with Gasteiger partial charge in [-0.25, -0.2) is 0 Å². The van der Waals surface area contributed by atoms with Crippen LogP contribution in [0.15, 0.2) is 35.3 Å². The molecule has 1 amide bonds. The molecule has 19 heavy (non-hydrogen) atoms. The molecule has 0 atom stereocenters. The highest BCUT2D eigenvalue weighted by Gasteiger charge is 2.11. The lowest BCUT2D eigenvalue weighted by molar-refractivity contribution is 0.102. The van der Waals surface area contributed by atoms with E-state index >= 15 is 0 Å². The van der Waals surface area contributed by atoms with Crippen LogP contribution in [0.3, 0.4) is 0 Å². The lowest BCUT2D eigenvalue weighted by Gasteiger charge is -2.06. The van der Waals surface area contributed by atoms with Crippen molar-refractivity contribution in [1.82, 2.24) is 4.98 Å². The molecule has 1 aromatic carbocycles. The number of nitrogen functional groups attached to an aromatic ring is 1. The van der Waals surface area contributed by atoms with Gasteiger partial charge in [0.1, 0.15) is 5.56 Å². The van der Waals surface area contributed by atoms with E-state index in [9.17, 15) is 9.59 Å². The summed E-state index contributed by atoms with van der Waals surface area (Å²) in [7, 11) is 0. The molecular formula is C13H12ClN3O2. The van der Waals surface area contributed by atoms with Crippen molar-refractivity contribution in [3.8, 4) is 0 Å². The number of hydrogen-bond acceptors (Lipinski definition) is 3. The van der Waals surface area contributed by atoms with Crippen molar-refractivity contribution in [3.63, 3.8) is 0 Å². The monoisotopic (exact) mass is 277 g/mol. The molecule has 0 aliphatic heterocycles. The fourth-order valence-corrected chi connectivity index (χ4v) is 1.69. The highest BCUT2D eigenvalue weighted by atomic mass is 35.5. The van der Waals surface area contributed by atoms with Crippen molar-refractivity contribution in [2.24, 2.45) is 0 Å². The van der Waals surface area contributed by atoms with Crippen LogP contribution in [-0.2, 0) is 0 Å². The molecule has 1 heterocycles. The van der Waals surface area contributed by atoms with Crippen molar-refractivity contribution in [2.45, 2.75) is 6.92 Å². The Labute approximate surface area is 114 Å². The minimum absolute atomic E-state index is 0.0409. The van der Waals surface area contributed by atoms with E-state index < -0.39 is 5.91 Å². The molecule has 1 aromatic heterocycles. The minimum atomic E-state index is -0.497. The number of aromatic nitrogens is 1. The van der Waals surface area contributed by atoms with E-state index in [4.69, 9.17) is 17.3 Å². The Morgan fingerprint density at radius 1 is 1.37 bits per heavy atom. The number of benzene rings is 1. The van der Waals surface area contributed by atoms with E-state index in [1.807, 2.05) is 0 Å². The number of nitrogens with two attached hydrogens (primary N) is 1. The molecule has 0 fully saturated rings. The number of hydrogen-bond donors (Lipinski definition) is 3. The number of carbonyl (C=O) groups excluding carboxylic acids is 1. The third-order valence-corrected chi connectivity index (χ3v) is 2.90. The molecule has 2 rings (SSSR count). The number of H-pyrrole nitrogens is 1. The van der Waals surface area contributed by atoms with Gasteiger partial charge in [-0.15, -0.1) is 0 Å². The molecule has 0 aliphatic carbocycles. The molecule has 0 bridgehead atoms. The van der Waals surface area contributed by atoms with Gasteiger partial charge in [0, 0.05) is 23.6 Å². The zero-order valence-electron chi connectivity index (χ0n) is 10.2.